The maximum Gasteiger partial charge on any atom is 0.314 e. The molecule has 1 aromatic carbocycles. The maximum atomic E-state index is 13.0. The summed E-state index contributed by atoms with van der Waals surface area (Å²) >= 11 is 0. The predicted octanol–water partition coefficient (Wildman–Crippen LogP) is 2.01. The Morgan fingerprint density at radius 3 is 2.72 bits per heavy atom. The fourth-order valence-corrected chi connectivity index (χ4v) is 4.57. The van der Waals surface area contributed by atoms with Crippen LogP contribution in [0.5, 0.6) is 0 Å². The quantitative estimate of drug-likeness (QED) is 0.892. The number of benzene rings is 1. The molecule has 0 unspecified atom stereocenters. The minimum absolute atomic E-state index is 0.141. The first kappa shape index (κ1) is 16.4. The van der Waals surface area contributed by atoms with Crippen molar-refractivity contribution in [2.75, 3.05) is 31.1 Å². The van der Waals surface area contributed by atoms with Gasteiger partial charge >= 0.3 is 6.03 Å². The lowest BCUT2D eigenvalue weighted by Gasteiger charge is -2.47. The molecule has 2 saturated heterocycles. The second-order valence-corrected chi connectivity index (χ2v) is 7.44. The lowest BCUT2D eigenvalue weighted by molar-refractivity contribution is -0.121. The molecule has 0 aliphatic carbocycles. The minimum Gasteiger partial charge on any atom is -0.376 e. The fourth-order valence-electron chi connectivity index (χ4n) is 4.57. The summed E-state index contributed by atoms with van der Waals surface area (Å²) in [6.07, 6.45) is 4.30. The van der Waals surface area contributed by atoms with Crippen LogP contribution in [0.25, 0.3) is 0 Å². The van der Waals surface area contributed by atoms with Gasteiger partial charge in [-0.1, -0.05) is 18.2 Å². The fraction of sp³-hybridized carbons (Fsp3) is 0.579. The molecule has 0 radical (unpaired) electrons. The van der Waals surface area contributed by atoms with Crippen LogP contribution in [0.4, 0.5) is 10.5 Å². The molecular formula is C19H25N3O3. The second kappa shape index (κ2) is 6.33. The molecule has 1 spiro atoms. The van der Waals surface area contributed by atoms with E-state index >= 15 is 0 Å². The van der Waals surface area contributed by atoms with Gasteiger partial charge in [-0.2, -0.15) is 0 Å². The van der Waals surface area contributed by atoms with Crippen molar-refractivity contribution in [3.63, 3.8) is 0 Å². The van der Waals surface area contributed by atoms with E-state index in [1.165, 1.54) is 5.56 Å². The van der Waals surface area contributed by atoms with Crippen LogP contribution in [0.1, 0.15) is 37.7 Å². The standard InChI is InChI=1S/C19H25N3O3/c20-18(24)21-9-7-19(8-10-21)12-17(23)22(13-14-4-3-11-25-14)16-6-2-1-5-15(16)19/h1-2,5-6,14H,3-4,7-13H2,(H2,20,24)/t14-/m0/s1. The summed E-state index contributed by atoms with van der Waals surface area (Å²) in [6, 6.07) is 7.85. The summed E-state index contributed by atoms with van der Waals surface area (Å²) in [4.78, 5) is 28.0. The van der Waals surface area contributed by atoms with Crippen LogP contribution in [-0.2, 0) is 14.9 Å². The third-order valence-electron chi connectivity index (χ3n) is 6.00. The SMILES string of the molecule is NC(=O)N1CCC2(CC1)CC(=O)N(C[C@@H]1CCCO1)c1ccccc12. The van der Waals surface area contributed by atoms with E-state index in [9.17, 15) is 9.59 Å². The Morgan fingerprint density at radius 2 is 2.04 bits per heavy atom. The average Bonchev–Trinajstić information content (AvgIpc) is 3.12. The third-order valence-corrected chi connectivity index (χ3v) is 6.00. The number of carbonyl (C=O) groups is 2. The number of amides is 3. The number of piperidine rings is 1. The van der Waals surface area contributed by atoms with Gasteiger partial charge in [0.2, 0.25) is 5.91 Å². The van der Waals surface area contributed by atoms with E-state index in [1.807, 2.05) is 23.1 Å². The molecule has 4 rings (SSSR count). The van der Waals surface area contributed by atoms with Crippen molar-refractivity contribution in [2.24, 2.45) is 5.73 Å². The second-order valence-electron chi connectivity index (χ2n) is 7.44. The molecule has 0 saturated carbocycles. The molecule has 3 heterocycles. The van der Waals surface area contributed by atoms with Gasteiger partial charge in [0, 0.05) is 37.2 Å². The summed E-state index contributed by atoms with van der Waals surface area (Å²) in [6.45, 7) is 2.66. The number of ether oxygens (including phenoxy) is 1. The van der Waals surface area contributed by atoms with Gasteiger partial charge < -0.3 is 20.3 Å². The highest BCUT2D eigenvalue weighted by Crippen LogP contribution is 2.47. The monoisotopic (exact) mass is 343 g/mol. The molecule has 3 aliphatic heterocycles. The number of primary amides is 1. The van der Waals surface area contributed by atoms with Crippen molar-refractivity contribution < 1.29 is 14.3 Å². The molecule has 6 heteroatoms. The number of hydrogen-bond acceptors (Lipinski definition) is 3. The zero-order chi connectivity index (χ0) is 17.4. The molecule has 2 N–H and O–H groups in total. The summed E-state index contributed by atoms with van der Waals surface area (Å²) < 4.78 is 5.74. The van der Waals surface area contributed by atoms with Crippen LogP contribution >= 0.6 is 0 Å². The Morgan fingerprint density at radius 1 is 1.28 bits per heavy atom. The first-order chi connectivity index (χ1) is 12.1. The van der Waals surface area contributed by atoms with E-state index in [2.05, 4.69) is 6.07 Å². The van der Waals surface area contributed by atoms with Gasteiger partial charge in [0.05, 0.1) is 12.6 Å². The molecule has 25 heavy (non-hydrogen) atoms. The van der Waals surface area contributed by atoms with Gasteiger partial charge in [0.15, 0.2) is 0 Å². The first-order valence-electron chi connectivity index (χ1n) is 9.15. The van der Waals surface area contributed by atoms with E-state index < -0.39 is 0 Å². The van der Waals surface area contributed by atoms with Crippen LogP contribution in [0.2, 0.25) is 0 Å². The van der Waals surface area contributed by atoms with E-state index in [-0.39, 0.29) is 23.5 Å². The number of carbonyl (C=O) groups excluding carboxylic acids is 2. The number of rotatable bonds is 2. The molecule has 0 bridgehead atoms. The van der Waals surface area contributed by atoms with Crippen LogP contribution in [0, 0.1) is 0 Å². The topological polar surface area (TPSA) is 75.9 Å². The normalized spacial score (nSPS) is 25.3. The molecule has 3 aliphatic rings. The zero-order valence-corrected chi connectivity index (χ0v) is 14.4. The Kier molecular flexibility index (Phi) is 4.15. The van der Waals surface area contributed by atoms with Crippen molar-refractivity contribution >= 4 is 17.6 Å². The Hall–Kier alpha value is -2.08. The number of para-hydroxylation sites is 1. The highest BCUT2D eigenvalue weighted by molar-refractivity contribution is 5.98. The van der Waals surface area contributed by atoms with E-state index in [1.54, 1.807) is 4.90 Å². The molecule has 134 valence electrons. The summed E-state index contributed by atoms with van der Waals surface area (Å²) in [5, 5.41) is 0. The van der Waals surface area contributed by atoms with Gasteiger partial charge in [-0.25, -0.2) is 4.79 Å². The number of likely N-dealkylation sites (tertiary alicyclic amines) is 1. The zero-order valence-electron chi connectivity index (χ0n) is 14.4. The van der Waals surface area contributed by atoms with Gasteiger partial charge in [0.1, 0.15) is 0 Å². The number of hydrogen-bond donors (Lipinski definition) is 1. The summed E-state index contributed by atoms with van der Waals surface area (Å²) in [5.74, 6) is 0.168. The van der Waals surface area contributed by atoms with Crippen molar-refractivity contribution in [3.05, 3.63) is 29.8 Å². The smallest absolute Gasteiger partial charge is 0.314 e. The van der Waals surface area contributed by atoms with Gasteiger partial charge in [-0.3, -0.25) is 4.79 Å². The lowest BCUT2D eigenvalue weighted by atomic mass is 9.67. The Labute approximate surface area is 147 Å². The number of fused-ring (bicyclic) bond motifs is 2. The summed E-state index contributed by atoms with van der Waals surface area (Å²) in [7, 11) is 0. The van der Waals surface area contributed by atoms with Crippen LogP contribution in [0.15, 0.2) is 24.3 Å². The van der Waals surface area contributed by atoms with E-state index in [0.29, 0.717) is 26.1 Å². The van der Waals surface area contributed by atoms with Crippen LogP contribution in [0.3, 0.4) is 0 Å². The van der Waals surface area contributed by atoms with E-state index in [4.69, 9.17) is 10.5 Å². The highest BCUT2D eigenvalue weighted by Gasteiger charge is 2.45. The van der Waals surface area contributed by atoms with E-state index in [0.717, 1.165) is 38.0 Å². The molecule has 2 fully saturated rings. The van der Waals surface area contributed by atoms with Crippen LogP contribution < -0.4 is 10.6 Å². The number of nitrogens with zero attached hydrogens (tertiary/aromatic N) is 2. The van der Waals surface area contributed by atoms with Gasteiger partial charge in [-0.05, 0) is 37.3 Å². The Balaban J connectivity index is 1.62. The molecule has 1 atom stereocenters. The molecule has 3 amide bonds. The van der Waals surface area contributed by atoms with Crippen molar-refractivity contribution in [1.82, 2.24) is 4.90 Å². The van der Waals surface area contributed by atoms with Gasteiger partial charge in [0.25, 0.3) is 0 Å². The van der Waals surface area contributed by atoms with Crippen molar-refractivity contribution in [1.29, 1.82) is 0 Å². The van der Waals surface area contributed by atoms with Gasteiger partial charge in [-0.15, -0.1) is 0 Å². The number of anilines is 1. The molecule has 6 nitrogen and oxygen atoms in total. The lowest BCUT2D eigenvalue weighted by Crippen LogP contribution is -2.52. The minimum atomic E-state index is -0.370. The number of nitrogens with two attached hydrogens (primary N) is 1. The highest BCUT2D eigenvalue weighted by atomic mass is 16.5. The Bertz CT molecular complexity index is 676. The van der Waals surface area contributed by atoms with Crippen molar-refractivity contribution in [2.45, 2.75) is 43.6 Å². The van der Waals surface area contributed by atoms with Crippen LogP contribution in [-0.4, -0.2) is 49.2 Å². The maximum absolute atomic E-state index is 13.0. The third kappa shape index (κ3) is 2.88. The predicted molar refractivity (Wildman–Crippen MR) is 94.5 cm³/mol. The summed E-state index contributed by atoms with van der Waals surface area (Å²) in [5.41, 5.74) is 7.49. The molecule has 0 aromatic heterocycles. The average molecular weight is 343 g/mol. The number of urea groups is 1. The largest absolute Gasteiger partial charge is 0.376 e. The molecule has 1 aromatic rings. The van der Waals surface area contributed by atoms with Crippen molar-refractivity contribution in [3.8, 4) is 0 Å². The first-order valence-corrected chi connectivity index (χ1v) is 9.15. The molecular weight excluding hydrogens is 318 g/mol.